The molecule has 0 unspecified atom stereocenters. The van der Waals surface area contributed by atoms with Crippen molar-refractivity contribution in [3.05, 3.63) is 29.8 Å². The van der Waals surface area contributed by atoms with Gasteiger partial charge in [-0.3, -0.25) is 4.79 Å². The van der Waals surface area contributed by atoms with Crippen molar-refractivity contribution in [2.24, 2.45) is 16.9 Å². The summed E-state index contributed by atoms with van der Waals surface area (Å²) < 4.78 is 5.37. The van der Waals surface area contributed by atoms with Crippen LogP contribution in [0, 0.1) is 11.8 Å². The normalized spacial score (nSPS) is 28.5. The van der Waals surface area contributed by atoms with Crippen molar-refractivity contribution in [3.63, 3.8) is 0 Å². The zero-order valence-corrected chi connectivity index (χ0v) is 11.2. The van der Waals surface area contributed by atoms with E-state index in [-0.39, 0.29) is 11.8 Å². The van der Waals surface area contributed by atoms with Gasteiger partial charge in [0.15, 0.2) is 0 Å². The molecule has 1 N–H and O–H groups in total. The molecule has 2 atom stereocenters. The molecule has 3 aliphatic rings. The fourth-order valence-electron chi connectivity index (χ4n) is 3.01. The predicted octanol–water partition coefficient (Wildman–Crippen LogP) is 0.993. The number of fused-ring (bicyclic) bond motifs is 1. The van der Waals surface area contributed by atoms with Crippen LogP contribution in [0.2, 0.25) is 0 Å². The fourth-order valence-corrected chi connectivity index (χ4v) is 3.01. The first-order valence-electron chi connectivity index (χ1n) is 7.13. The maximum Gasteiger partial charge on any atom is 0.243 e. The van der Waals surface area contributed by atoms with Crippen LogP contribution < -0.4 is 10.3 Å². The molecule has 104 valence electrons. The lowest BCUT2D eigenvalue weighted by Gasteiger charge is -2.29. The van der Waals surface area contributed by atoms with Crippen molar-refractivity contribution in [3.8, 4) is 0 Å². The Kier molecular flexibility index (Phi) is 2.73. The number of nitrogens with zero attached hydrogens (tertiary/aromatic N) is 2. The third-order valence-corrected chi connectivity index (χ3v) is 4.30. The Morgan fingerprint density at radius 3 is 2.65 bits per heavy atom. The van der Waals surface area contributed by atoms with E-state index in [0.717, 1.165) is 44.0 Å². The fraction of sp³-hybridized carbons (Fsp3) is 0.467. The van der Waals surface area contributed by atoms with Crippen LogP contribution in [-0.4, -0.2) is 37.9 Å². The topological polar surface area (TPSA) is 53.9 Å². The molecule has 5 nitrogen and oxygen atoms in total. The Morgan fingerprint density at radius 1 is 1.15 bits per heavy atom. The standard InChI is InChI=1S/C15H17N3O2/c19-15-13-9-12(13)14(16-17-15)10-1-3-11(4-2-10)18-5-7-20-8-6-18/h1-4,12-13H,5-9H2,(H,17,19)/t12-,13+/m0/s1. The lowest BCUT2D eigenvalue weighted by Crippen LogP contribution is -2.36. The minimum atomic E-state index is 0.0729. The molecular weight excluding hydrogens is 254 g/mol. The van der Waals surface area contributed by atoms with Gasteiger partial charge in [-0.2, -0.15) is 5.10 Å². The Labute approximate surface area is 117 Å². The molecule has 1 aromatic carbocycles. The van der Waals surface area contributed by atoms with Crippen LogP contribution in [0.3, 0.4) is 0 Å². The molecule has 2 fully saturated rings. The van der Waals surface area contributed by atoms with Crippen molar-refractivity contribution >= 4 is 17.3 Å². The highest BCUT2D eigenvalue weighted by atomic mass is 16.5. The van der Waals surface area contributed by atoms with Gasteiger partial charge in [0.05, 0.1) is 18.9 Å². The molecular formula is C15H17N3O2. The van der Waals surface area contributed by atoms with Gasteiger partial charge in [-0.25, -0.2) is 5.43 Å². The summed E-state index contributed by atoms with van der Waals surface area (Å²) in [6, 6.07) is 8.49. The molecule has 0 bridgehead atoms. The average molecular weight is 271 g/mol. The quantitative estimate of drug-likeness (QED) is 0.873. The van der Waals surface area contributed by atoms with Gasteiger partial charge >= 0.3 is 0 Å². The summed E-state index contributed by atoms with van der Waals surface area (Å²) in [6.07, 6.45) is 0.940. The number of carbonyl (C=O) groups is 1. The number of amides is 1. The number of benzene rings is 1. The highest BCUT2D eigenvalue weighted by Crippen LogP contribution is 2.43. The van der Waals surface area contributed by atoms with Gasteiger partial charge in [-0.1, -0.05) is 12.1 Å². The maximum absolute atomic E-state index is 11.4. The van der Waals surface area contributed by atoms with E-state index in [2.05, 4.69) is 39.7 Å². The zero-order valence-electron chi connectivity index (χ0n) is 11.2. The van der Waals surface area contributed by atoms with Crippen LogP contribution in [0.25, 0.3) is 0 Å². The first-order valence-corrected chi connectivity index (χ1v) is 7.13. The van der Waals surface area contributed by atoms with E-state index < -0.39 is 0 Å². The number of anilines is 1. The highest BCUT2D eigenvalue weighted by Gasteiger charge is 2.49. The van der Waals surface area contributed by atoms with E-state index >= 15 is 0 Å². The van der Waals surface area contributed by atoms with Crippen LogP contribution in [0.1, 0.15) is 12.0 Å². The van der Waals surface area contributed by atoms with Crippen molar-refractivity contribution in [1.82, 2.24) is 5.43 Å². The highest BCUT2D eigenvalue weighted by molar-refractivity contribution is 6.09. The van der Waals surface area contributed by atoms with Crippen LogP contribution in [-0.2, 0) is 9.53 Å². The van der Waals surface area contributed by atoms with Crippen LogP contribution >= 0.6 is 0 Å². The van der Waals surface area contributed by atoms with Crippen molar-refractivity contribution in [2.45, 2.75) is 6.42 Å². The third-order valence-electron chi connectivity index (χ3n) is 4.30. The SMILES string of the molecule is O=C1NN=C(c2ccc(N3CCOCC3)cc2)[C@H]2C[C@@H]12. The van der Waals surface area contributed by atoms with E-state index in [4.69, 9.17) is 4.74 Å². The van der Waals surface area contributed by atoms with Gasteiger partial charge < -0.3 is 9.64 Å². The Bertz CT molecular complexity index is 561. The van der Waals surface area contributed by atoms with Crippen LogP contribution in [0.4, 0.5) is 5.69 Å². The lowest BCUT2D eigenvalue weighted by molar-refractivity contribution is -0.122. The number of hydrogen-bond acceptors (Lipinski definition) is 4. The van der Waals surface area contributed by atoms with E-state index in [9.17, 15) is 4.79 Å². The van der Waals surface area contributed by atoms with E-state index in [1.807, 2.05) is 0 Å². The molecule has 4 rings (SSSR count). The van der Waals surface area contributed by atoms with Gasteiger partial charge in [0.1, 0.15) is 0 Å². The second-order valence-electron chi connectivity index (χ2n) is 5.57. The van der Waals surface area contributed by atoms with E-state index in [1.165, 1.54) is 5.69 Å². The Morgan fingerprint density at radius 2 is 1.90 bits per heavy atom. The van der Waals surface area contributed by atoms with Crippen LogP contribution in [0.5, 0.6) is 0 Å². The lowest BCUT2D eigenvalue weighted by atomic mass is 10.0. The zero-order chi connectivity index (χ0) is 13.5. The number of morpholine rings is 1. The number of nitrogens with one attached hydrogen (secondary N) is 1. The minimum absolute atomic E-state index is 0.0729. The van der Waals surface area contributed by atoms with Gasteiger partial charge in [0.2, 0.25) is 5.91 Å². The monoisotopic (exact) mass is 271 g/mol. The maximum atomic E-state index is 11.4. The summed E-state index contributed by atoms with van der Waals surface area (Å²) >= 11 is 0. The second-order valence-corrected chi connectivity index (χ2v) is 5.57. The van der Waals surface area contributed by atoms with Crippen molar-refractivity contribution < 1.29 is 9.53 Å². The molecule has 0 radical (unpaired) electrons. The number of hydrazone groups is 1. The molecule has 5 heteroatoms. The summed E-state index contributed by atoms with van der Waals surface area (Å²) in [5, 5.41) is 4.23. The van der Waals surface area contributed by atoms with Gasteiger partial charge in [-0.15, -0.1) is 0 Å². The smallest absolute Gasteiger partial charge is 0.243 e. The Hall–Kier alpha value is -1.88. The van der Waals surface area contributed by atoms with Crippen molar-refractivity contribution in [2.75, 3.05) is 31.2 Å². The molecule has 1 aliphatic carbocycles. The summed E-state index contributed by atoms with van der Waals surface area (Å²) in [5.41, 5.74) is 6.00. The molecule has 2 aliphatic heterocycles. The number of hydrogen-bond donors (Lipinski definition) is 1. The average Bonchev–Trinajstić information content (AvgIpc) is 3.30. The molecule has 1 aromatic rings. The number of carbonyl (C=O) groups excluding carboxylic acids is 1. The largest absolute Gasteiger partial charge is 0.378 e. The van der Waals surface area contributed by atoms with E-state index in [0.29, 0.717) is 5.92 Å². The molecule has 1 amide bonds. The van der Waals surface area contributed by atoms with Gasteiger partial charge in [0.25, 0.3) is 0 Å². The first kappa shape index (κ1) is 11.9. The summed E-state index contributed by atoms with van der Waals surface area (Å²) in [5.74, 6) is 0.558. The summed E-state index contributed by atoms with van der Waals surface area (Å²) in [6.45, 7) is 3.48. The molecule has 0 spiro atoms. The third kappa shape index (κ3) is 1.98. The predicted molar refractivity (Wildman–Crippen MR) is 75.8 cm³/mol. The molecule has 2 heterocycles. The van der Waals surface area contributed by atoms with Gasteiger partial charge in [-0.05, 0) is 24.1 Å². The molecule has 0 aromatic heterocycles. The molecule has 1 saturated carbocycles. The van der Waals surface area contributed by atoms with Gasteiger partial charge in [0, 0.05) is 30.6 Å². The van der Waals surface area contributed by atoms with Crippen molar-refractivity contribution in [1.29, 1.82) is 0 Å². The number of rotatable bonds is 2. The van der Waals surface area contributed by atoms with Crippen LogP contribution in [0.15, 0.2) is 29.4 Å². The molecule has 1 saturated heterocycles. The second kappa shape index (κ2) is 4.59. The number of ether oxygens (including phenoxy) is 1. The summed E-state index contributed by atoms with van der Waals surface area (Å²) in [4.78, 5) is 13.8. The first-order chi connectivity index (χ1) is 9.83. The minimum Gasteiger partial charge on any atom is -0.378 e. The molecule has 20 heavy (non-hydrogen) atoms. The summed E-state index contributed by atoms with van der Waals surface area (Å²) in [7, 11) is 0. The Balaban J connectivity index is 1.54. The van der Waals surface area contributed by atoms with E-state index in [1.54, 1.807) is 0 Å².